The molecule has 0 radical (unpaired) electrons. The number of nitrogens with one attached hydrogen (secondary N) is 1. The van der Waals surface area contributed by atoms with Gasteiger partial charge in [0, 0.05) is 45.0 Å². The van der Waals surface area contributed by atoms with Crippen molar-refractivity contribution in [3.63, 3.8) is 0 Å². The Morgan fingerprint density at radius 3 is 2.13 bits per heavy atom. The Morgan fingerprint density at radius 1 is 0.914 bits per heavy atom. The first-order valence-electron chi connectivity index (χ1n) is 23.6. The van der Waals surface area contributed by atoms with Crippen LogP contribution in [0.5, 0.6) is 17.5 Å². The Hall–Kier alpha value is -5.11. The lowest BCUT2D eigenvalue weighted by Gasteiger charge is -2.41. The molecule has 2 aliphatic rings. The first-order valence-corrected chi connectivity index (χ1v) is 29.4. The van der Waals surface area contributed by atoms with Crippen molar-refractivity contribution < 1.29 is 47.3 Å². The van der Waals surface area contributed by atoms with Crippen molar-refractivity contribution in [3.8, 4) is 34.6 Å². The summed E-state index contributed by atoms with van der Waals surface area (Å²) in [6, 6.07) is 11.2. The van der Waals surface area contributed by atoms with E-state index in [-0.39, 0.29) is 70.7 Å². The molecule has 2 aromatic heterocycles. The third-order valence-electron chi connectivity index (χ3n) is 14.1. The van der Waals surface area contributed by atoms with Crippen LogP contribution in [-0.4, -0.2) is 154 Å². The molecule has 0 bridgehead atoms. The number of alkyl halides is 2. The monoisotopic (exact) mass is 1010 g/mol. The number of piperazine rings is 1. The Balaban J connectivity index is 1.01. The average molecular weight is 1010 g/mol. The van der Waals surface area contributed by atoms with Gasteiger partial charge in [-0.05, 0) is 84.6 Å². The van der Waals surface area contributed by atoms with Gasteiger partial charge in [0.05, 0.1) is 30.9 Å². The Kier molecular flexibility index (Phi) is 15.9. The largest absolute Gasteiger partial charge is 0.508 e. The van der Waals surface area contributed by atoms with Crippen molar-refractivity contribution in [1.29, 1.82) is 0 Å². The molecular formula is C48H71F2N9O9Si2. The number of rotatable bonds is 16. The van der Waals surface area contributed by atoms with Gasteiger partial charge in [0.2, 0.25) is 18.0 Å². The first-order chi connectivity index (χ1) is 32.4. The number of carbonyl (C=O) groups is 2. The van der Waals surface area contributed by atoms with Crippen molar-refractivity contribution in [1.82, 2.24) is 39.0 Å². The third kappa shape index (κ3) is 12.0. The molecule has 2 aliphatic heterocycles. The minimum absolute atomic E-state index is 0.0327. The van der Waals surface area contributed by atoms with E-state index in [9.17, 15) is 29.7 Å². The van der Waals surface area contributed by atoms with Crippen LogP contribution in [-0.2, 0) is 29.7 Å². The molecule has 4 N–H and O–H groups in total. The number of aromatic hydroxyl groups is 3. The summed E-state index contributed by atoms with van der Waals surface area (Å²) in [6.45, 7) is 26.1. The van der Waals surface area contributed by atoms with Gasteiger partial charge >= 0.3 is 17.6 Å². The number of benzene rings is 2. The Labute approximate surface area is 410 Å². The molecule has 4 aromatic rings. The molecule has 0 unspecified atom stereocenters. The SMILES string of the molecule is CC(C)c1cc(-c2nnc(O)n2-c2ccc(CN3CCN(C(=O)CN(C)CC(=O)Nc4ccn([C@@H]5O[C@H](CO[Si](C)(C)C(C)(C)C)[C@@H](O[Si](C)(C)C(C)(C)C)C5(F)F)c(=O)n4)CC3)cc2)c(O)cc1O. The molecule has 6 rings (SSSR count). The number of ether oxygens (including phenoxy) is 1. The molecule has 2 amide bonds. The fraction of sp³-hybridized carbons (Fsp3) is 0.583. The highest BCUT2D eigenvalue weighted by Gasteiger charge is 2.63. The fourth-order valence-corrected chi connectivity index (χ4v) is 10.1. The van der Waals surface area contributed by atoms with E-state index in [4.69, 9.17) is 13.6 Å². The zero-order valence-corrected chi connectivity index (χ0v) is 44.7. The van der Waals surface area contributed by atoms with Crippen molar-refractivity contribution in [2.45, 2.75) is 128 Å². The van der Waals surface area contributed by atoms with Gasteiger partial charge in [0.1, 0.15) is 29.5 Å². The second-order valence-electron chi connectivity index (χ2n) is 21.9. The second kappa shape index (κ2) is 20.6. The maximum absolute atomic E-state index is 16.5. The molecule has 2 saturated heterocycles. The lowest BCUT2D eigenvalue weighted by Crippen LogP contribution is -2.53. The molecule has 3 atom stereocenters. The summed E-state index contributed by atoms with van der Waals surface area (Å²) in [4.78, 5) is 49.2. The maximum atomic E-state index is 16.5. The van der Waals surface area contributed by atoms with Gasteiger partial charge in [-0.25, -0.2) is 9.36 Å². The van der Waals surface area contributed by atoms with Gasteiger partial charge in [-0.2, -0.15) is 13.8 Å². The summed E-state index contributed by atoms with van der Waals surface area (Å²) in [7, 11) is -3.52. The summed E-state index contributed by atoms with van der Waals surface area (Å²) >= 11 is 0. The molecule has 384 valence electrons. The molecule has 4 heterocycles. The van der Waals surface area contributed by atoms with E-state index in [2.05, 4.69) is 46.2 Å². The molecule has 0 spiro atoms. The molecule has 0 aliphatic carbocycles. The first kappa shape index (κ1) is 54.2. The van der Waals surface area contributed by atoms with Crippen LogP contribution >= 0.6 is 0 Å². The topological polar surface area (TPSA) is 210 Å². The number of phenols is 2. The number of aromatic nitrogens is 5. The van der Waals surface area contributed by atoms with Gasteiger partial charge in [-0.3, -0.25) is 24.0 Å². The minimum Gasteiger partial charge on any atom is -0.508 e. The second-order valence-corrected chi connectivity index (χ2v) is 31.4. The number of halogens is 2. The highest BCUT2D eigenvalue weighted by Crippen LogP contribution is 2.49. The molecule has 18 nitrogen and oxygen atoms in total. The van der Waals surface area contributed by atoms with Gasteiger partial charge in [-0.15, -0.1) is 5.10 Å². The predicted octanol–water partition coefficient (Wildman–Crippen LogP) is 6.89. The molecule has 2 fully saturated rings. The van der Waals surface area contributed by atoms with Crippen LogP contribution in [0.25, 0.3) is 17.1 Å². The minimum atomic E-state index is -3.64. The van der Waals surface area contributed by atoms with E-state index in [0.717, 1.165) is 16.3 Å². The third-order valence-corrected chi connectivity index (χ3v) is 23.1. The maximum Gasteiger partial charge on any atom is 0.351 e. The van der Waals surface area contributed by atoms with Crippen molar-refractivity contribution in [2.24, 2.45) is 0 Å². The number of carbonyl (C=O) groups excluding carboxylic acids is 2. The van der Waals surface area contributed by atoms with Crippen LogP contribution in [0, 0.1) is 0 Å². The number of amides is 2. The molecule has 70 heavy (non-hydrogen) atoms. The summed E-state index contributed by atoms with van der Waals surface area (Å²) in [5.41, 5.74) is 1.43. The molecule has 2 aromatic carbocycles. The van der Waals surface area contributed by atoms with Crippen molar-refractivity contribution in [2.75, 3.05) is 58.2 Å². The lowest BCUT2D eigenvalue weighted by molar-refractivity contribution is -0.138. The fourth-order valence-electron chi connectivity index (χ4n) is 7.81. The van der Waals surface area contributed by atoms with Crippen LogP contribution < -0.4 is 11.0 Å². The van der Waals surface area contributed by atoms with Gasteiger partial charge in [0.15, 0.2) is 22.5 Å². The summed E-state index contributed by atoms with van der Waals surface area (Å²) in [5, 5.41) is 41.5. The molecular weight excluding hydrogens is 941 g/mol. The standard InChI is InChI=1S/C48H71F2N9O9Si2/c1-30(2)33-24-34(36(61)25-35(33)60)42-53-54-45(65)59(42)32-16-14-31(15-17-32)26-56-20-22-57(23-21-56)40(63)28-55(9)27-39(62)51-38-18-19-58(44(64)52-38)43-48(49,50)41(68-70(12,13)47(6,7)8)37(67-43)29-66-69(10,11)46(3,4)5/h14-19,24-25,30,37,41,43,60-61H,20-23,26-29H2,1-13H3,(H,54,65)(H,51,52,62,64)/t37-,41-,43-/m1/s1. The van der Waals surface area contributed by atoms with E-state index >= 15 is 8.78 Å². The number of likely N-dealkylation sites (N-methyl/N-ethyl adjacent to an activating group) is 1. The van der Waals surface area contributed by atoms with E-state index in [1.54, 1.807) is 22.9 Å². The molecule has 22 heteroatoms. The van der Waals surface area contributed by atoms with Crippen LogP contribution in [0.15, 0.2) is 53.5 Å². The number of anilines is 1. The van der Waals surface area contributed by atoms with Crippen LogP contribution in [0.3, 0.4) is 0 Å². The average Bonchev–Trinajstić information content (AvgIpc) is 3.74. The lowest BCUT2D eigenvalue weighted by atomic mass is 9.98. The number of hydrogen-bond donors (Lipinski definition) is 4. The highest BCUT2D eigenvalue weighted by molar-refractivity contribution is 6.74. The zero-order chi connectivity index (χ0) is 51.9. The summed E-state index contributed by atoms with van der Waals surface area (Å²) in [6.07, 6.45) is -3.76. The quantitative estimate of drug-likeness (QED) is 0.0843. The molecule has 0 saturated carbocycles. The van der Waals surface area contributed by atoms with Gasteiger partial charge in [-0.1, -0.05) is 72.6 Å². The van der Waals surface area contributed by atoms with Crippen molar-refractivity contribution in [3.05, 3.63) is 70.3 Å². The van der Waals surface area contributed by atoms with Crippen LogP contribution in [0.4, 0.5) is 14.6 Å². The number of phenolic OH excluding ortho intramolecular Hbond substituents is 2. The zero-order valence-electron chi connectivity index (χ0n) is 42.7. The van der Waals surface area contributed by atoms with Crippen LogP contribution in [0.2, 0.25) is 36.3 Å². The summed E-state index contributed by atoms with van der Waals surface area (Å²) in [5.74, 6) is -4.56. The smallest absolute Gasteiger partial charge is 0.351 e. The van der Waals surface area contributed by atoms with E-state index in [1.165, 1.54) is 16.7 Å². The highest BCUT2D eigenvalue weighted by atomic mass is 28.4. The van der Waals surface area contributed by atoms with E-state index in [1.807, 2.05) is 85.1 Å². The predicted molar refractivity (Wildman–Crippen MR) is 266 cm³/mol. The number of hydrogen-bond acceptors (Lipinski definition) is 14. The van der Waals surface area contributed by atoms with E-state index in [0.29, 0.717) is 49.5 Å². The van der Waals surface area contributed by atoms with Gasteiger partial charge in [0.25, 0.3) is 0 Å². The summed E-state index contributed by atoms with van der Waals surface area (Å²) < 4.78 is 53.9. The van der Waals surface area contributed by atoms with Gasteiger partial charge < -0.3 is 39.1 Å². The van der Waals surface area contributed by atoms with Crippen LogP contribution in [0.1, 0.15) is 78.7 Å². The Bertz CT molecular complexity index is 2570. The Morgan fingerprint density at radius 2 is 1.54 bits per heavy atom. The van der Waals surface area contributed by atoms with Crippen molar-refractivity contribution >= 4 is 34.3 Å². The van der Waals surface area contributed by atoms with E-state index < -0.39 is 52.6 Å². The normalized spacial score (nSPS) is 19.3. The number of nitrogens with zero attached hydrogens (tertiary/aromatic N) is 8.